The zero-order valence-electron chi connectivity index (χ0n) is 17.4. The number of Topliss-reactive ketones (excluding diaryl/α,β-unsaturated/α-hetero) is 1. The standard InChI is InChI=1S/C22H27N3O3S/c1-14(26)23-16-11-9-15(10-12-16)20(28)25-18-8-6-5-7-17(18)24-21(25)29-13-19(27)22(2,3)4/h9-12H,5-8,13H2,1-4H3,(H,23,26). The molecule has 0 atom stereocenters. The van der Waals surface area contributed by atoms with Crippen LogP contribution < -0.4 is 5.32 Å². The second-order valence-corrected chi connectivity index (χ2v) is 9.30. The summed E-state index contributed by atoms with van der Waals surface area (Å²) in [6.07, 6.45) is 3.76. The van der Waals surface area contributed by atoms with Crippen molar-refractivity contribution in [3.05, 3.63) is 41.2 Å². The van der Waals surface area contributed by atoms with Gasteiger partial charge in [0, 0.05) is 29.3 Å². The molecular weight excluding hydrogens is 386 g/mol. The molecule has 1 N–H and O–H groups in total. The maximum atomic E-state index is 13.3. The number of benzene rings is 1. The van der Waals surface area contributed by atoms with Crippen molar-refractivity contribution in [3.8, 4) is 0 Å². The summed E-state index contributed by atoms with van der Waals surface area (Å²) in [7, 11) is 0. The minimum Gasteiger partial charge on any atom is -0.326 e. The SMILES string of the molecule is CC(=O)Nc1ccc(C(=O)n2c(SCC(=O)C(C)(C)C)nc3c2CCCC3)cc1. The first-order valence-electron chi connectivity index (χ1n) is 9.86. The van der Waals surface area contributed by atoms with Crippen molar-refractivity contribution in [2.45, 2.75) is 58.5 Å². The van der Waals surface area contributed by atoms with Crippen molar-refractivity contribution in [1.29, 1.82) is 0 Å². The van der Waals surface area contributed by atoms with E-state index in [1.807, 2.05) is 20.8 Å². The van der Waals surface area contributed by atoms with E-state index in [-0.39, 0.29) is 23.4 Å². The maximum absolute atomic E-state index is 13.3. The molecule has 1 aliphatic rings. The zero-order chi connectivity index (χ0) is 21.2. The molecule has 29 heavy (non-hydrogen) atoms. The van der Waals surface area contributed by atoms with Crippen molar-refractivity contribution >= 4 is 35.0 Å². The van der Waals surface area contributed by atoms with Crippen LogP contribution in [0.25, 0.3) is 0 Å². The Balaban J connectivity index is 1.90. The third-order valence-corrected chi connectivity index (χ3v) is 5.86. The molecule has 3 rings (SSSR count). The van der Waals surface area contributed by atoms with Crippen molar-refractivity contribution in [3.63, 3.8) is 0 Å². The third kappa shape index (κ3) is 4.96. The fraction of sp³-hybridized carbons (Fsp3) is 0.455. The zero-order valence-corrected chi connectivity index (χ0v) is 18.2. The molecule has 1 aromatic heterocycles. The number of aromatic nitrogens is 2. The van der Waals surface area contributed by atoms with E-state index in [1.165, 1.54) is 18.7 Å². The molecule has 1 aliphatic carbocycles. The van der Waals surface area contributed by atoms with E-state index in [4.69, 9.17) is 4.98 Å². The average molecular weight is 414 g/mol. The van der Waals surface area contributed by atoms with Crippen LogP contribution in [0.5, 0.6) is 0 Å². The molecule has 0 radical (unpaired) electrons. The molecule has 1 aromatic carbocycles. The van der Waals surface area contributed by atoms with Crippen LogP contribution in [0, 0.1) is 5.41 Å². The van der Waals surface area contributed by atoms with Gasteiger partial charge in [0.15, 0.2) is 5.16 Å². The molecule has 2 aromatic rings. The van der Waals surface area contributed by atoms with E-state index in [1.54, 1.807) is 28.8 Å². The summed E-state index contributed by atoms with van der Waals surface area (Å²) in [5.74, 6) is 0.103. The first-order valence-corrected chi connectivity index (χ1v) is 10.8. The molecule has 1 heterocycles. The monoisotopic (exact) mass is 413 g/mol. The van der Waals surface area contributed by atoms with Crippen molar-refractivity contribution in [2.75, 3.05) is 11.1 Å². The molecule has 0 saturated carbocycles. The number of hydrogen-bond donors (Lipinski definition) is 1. The molecule has 0 aliphatic heterocycles. The minimum atomic E-state index is -0.423. The summed E-state index contributed by atoms with van der Waals surface area (Å²) >= 11 is 1.33. The highest BCUT2D eigenvalue weighted by molar-refractivity contribution is 7.99. The predicted molar refractivity (Wildman–Crippen MR) is 115 cm³/mol. The van der Waals surface area contributed by atoms with Crippen LogP contribution in [0.1, 0.15) is 62.3 Å². The summed E-state index contributed by atoms with van der Waals surface area (Å²) in [5, 5.41) is 3.29. The Morgan fingerprint density at radius 1 is 1.10 bits per heavy atom. The first kappa shape index (κ1) is 21.3. The van der Waals surface area contributed by atoms with Crippen LogP contribution in [0.3, 0.4) is 0 Å². The van der Waals surface area contributed by atoms with E-state index < -0.39 is 5.41 Å². The first-order chi connectivity index (χ1) is 13.7. The summed E-state index contributed by atoms with van der Waals surface area (Å²) in [6.45, 7) is 7.14. The van der Waals surface area contributed by atoms with Gasteiger partial charge in [-0.3, -0.25) is 19.0 Å². The van der Waals surface area contributed by atoms with Crippen LogP contribution >= 0.6 is 11.8 Å². The largest absolute Gasteiger partial charge is 0.326 e. The van der Waals surface area contributed by atoms with Crippen molar-refractivity contribution < 1.29 is 14.4 Å². The Morgan fingerprint density at radius 2 is 1.76 bits per heavy atom. The molecule has 1 amide bonds. The van der Waals surface area contributed by atoms with E-state index in [0.717, 1.165) is 37.1 Å². The summed E-state index contributed by atoms with van der Waals surface area (Å²) in [4.78, 5) is 41.6. The van der Waals surface area contributed by atoms with Crippen LogP contribution in [-0.2, 0) is 22.4 Å². The Kier molecular flexibility index (Phi) is 6.27. The van der Waals surface area contributed by atoms with Crippen molar-refractivity contribution in [2.24, 2.45) is 5.41 Å². The third-order valence-electron chi connectivity index (χ3n) is 4.93. The average Bonchev–Trinajstić information content (AvgIpc) is 3.03. The molecule has 154 valence electrons. The van der Waals surface area contributed by atoms with Gasteiger partial charge in [0.1, 0.15) is 5.78 Å². The van der Waals surface area contributed by atoms with Gasteiger partial charge < -0.3 is 5.32 Å². The van der Waals surface area contributed by atoms with Gasteiger partial charge in [0.2, 0.25) is 5.91 Å². The molecule has 6 nitrogen and oxygen atoms in total. The molecular formula is C22H27N3O3S. The number of imidazole rings is 1. The van der Waals surface area contributed by atoms with Gasteiger partial charge in [-0.2, -0.15) is 0 Å². The van der Waals surface area contributed by atoms with E-state index in [2.05, 4.69) is 5.32 Å². The number of carbonyl (C=O) groups is 3. The van der Waals surface area contributed by atoms with Crippen LogP contribution in [0.4, 0.5) is 5.69 Å². The number of nitrogens with zero attached hydrogens (tertiary/aromatic N) is 2. The number of thioether (sulfide) groups is 1. The lowest BCUT2D eigenvalue weighted by molar-refractivity contribution is -0.123. The van der Waals surface area contributed by atoms with Crippen LogP contribution in [0.2, 0.25) is 0 Å². The van der Waals surface area contributed by atoms with Gasteiger partial charge in [-0.05, 0) is 49.9 Å². The molecule has 7 heteroatoms. The molecule has 0 fully saturated rings. The lowest BCUT2D eigenvalue weighted by atomic mass is 9.92. The Morgan fingerprint density at radius 3 is 2.38 bits per heavy atom. The Labute approximate surface area is 175 Å². The van der Waals surface area contributed by atoms with Gasteiger partial charge in [-0.1, -0.05) is 32.5 Å². The smallest absolute Gasteiger partial charge is 0.264 e. The number of aryl methyl sites for hydroxylation is 1. The number of rotatable bonds is 5. The molecule has 0 saturated heterocycles. The van der Waals surface area contributed by atoms with E-state index in [0.29, 0.717) is 16.4 Å². The fourth-order valence-electron chi connectivity index (χ4n) is 3.20. The number of carbonyl (C=O) groups excluding carboxylic acids is 3. The number of hydrogen-bond acceptors (Lipinski definition) is 5. The lowest BCUT2D eigenvalue weighted by Gasteiger charge is -2.16. The van der Waals surface area contributed by atoms with Crippen LogP contribution in [0.15, 0.2) is 29.4 Å². The number of anilines is 1. The predicted octanol–water partition coefficient (Wildman–Crippen LogP) is 4.12. The van der Waals surface area contributed by atoms with Gasteiger partial charge in [-0.25, -0.2) is 4.98 Å². The van der Waals surface area contributed by atoms with Gasteiger partial charge in [-0.15, -0.1) is 0 Å². The lowest BCUT2D eigenvalue weighted by Crippen LogP contribution is -2.23. The summed E-state index contributed by atoms with van der Waals surface area (Å²) in [5.41, 5.74) is 2.66. The van der Waals surface area contributed by atoms with Gasteiger partial charge >= 0.3 is 0 Å². The summed E-state index contributed by atoms with van der Waals surface area (Å²) < 4.78 is 1.68. The minimum absolute atomic E-state index is 0.127. The Bertz CT molecular complexity index is 939. The number of fused-ring (bicyclic) bond motifs is 1. The van der Waals surface area contributed by atoms with E-state index >= 15 is 0 Å². The topological polar surface area (TPSA) is 81.1 Å². The molecule has 0 bridgehead atoms. The molecule has 0 unspecified atom stereocenters. The van der Waals surface area contributed by atoms with Crippen molar-refractivity contribution in [1.82, 2.24) is 9.55 Å². The number of nitrogens with one attached hydrogen (secondary N) is 1. The summed E-state index contributed by atoms with van der Waals surface area (Å²) in [6, 6.07) is 6.84. The highest BCUT2D eigenvalue weighted by Gasteiger charge is 2.27. The highest BCUT2D eigenvalue weighted by atomic mass is 32.2. The van der Waals surface area contributed by atoms with Gasteiger partial charge in [0.25, 0.3) is 5.91 Å². The normalized spacial score (nSPS) is 13.7. The quantitative estimate of drug-likeness (QED) is 0.746. The molecule has 0 spiro atoms. The number of ketones is 1. The van der Waals surface area contributed by atoms with E-state index in [9.17, 15) is 14.4 Å². The fourth-order valence-corrected chi connectivity index (χ4v) is 4.39. The van der Waals surface area contributed by atoms with Crippen LogP contribution in [-0.4, -0.2) is 32.9 Å². The van der Waals surface area contributed by atoms with Gasteiger partial charge in [0.05, 0.1) is 11.4 Å². The number of amides is 1. The Hall–Kier alpha value is -2.41. The second-order valence-electron chi connectivity index (χ2n) is 8.36. The maximum Gasteiger partial charge on any atom is 0.264 e. The highest BCUT2D eigenvalue weighted by Crippen LogP contribution is 2.30. The second kappa shape index (κ2) is 8.53.